The van der Waals surface area contributed by atoms with Gasteiger partial charge in [-0.05, 0) is 46.0 Å². The van der Waals surface area contributed by atoms with Crippen LogP contribution in [0.5, 0.6) is 0 Å². The van der Waals surface area contributed by atoms with Gasteiger partial charge in [0, 0.05) is 12.5 Å². The first-order chi connectivity index (χ1) is 8.28. The van der Waals surface area contributed by atoms with E-state index in [1.54, 1.807) is 0 Å². The molecular formula is C13H24N2O3. The SMILES string of the molecule is CC(C)(C)OC(=O)NC[C@@H]1CCC[C@H](C(N)=O)C1. The van der Waals surface area contributed by atoms with Crippen LogP contribution in [0.15, 0.2) is 0 Å². The first kappa shape index (κ1) is 14.8. The highest BCUT2D eigenvalue weighted by molar-refractivity contribution is 5.76. The van der Waals surface area contributed by atoms with Gasteiger partial charge in [0.2, 0.25) is 5.91 Å². The lowest BCUT2D eigenvalue weighted by atomic mass is 9.81. The zero-order chi connectivity index (χ0) is 13.8. The predicted molar refractivity (Wildman–Crippen MR) is 68.9 cm³/mol. The number of carbonyl (C=O) groups excluding carboxylic acids is 2. The zero-order valence-electron chi connectivity index (χ0n) is 11.5. The van der Waals surface area contributed by atoms with Crippen LogP contribution in [0, 0.1) is 11.8 Å². The summed E-state index contributed by atoms with van der Waals surface area (Å²) in [6.45, 7) is 6.04. The maximum absolute atomic E-state index is 11.5. The molecule has 0 unspecified atom stereocenters. The number of nitrogens with two attached hydrogens (primary N) is 1. The Morgan fingerprint density at radius 1 is 1.33 bits per heavy atom. The summed E-state index contributed by atoms with van der Waals surface area (Å²) in [5.74, 6) is 0.0601. The zero-order valence-corrected chi connectivity index (χ0v) is 11.5. The van der Waals surface area contributed by atoms with Gasteiger partial charge in [0.05, 0.1) is 0 Å². The van der Waals surface area contributed by atoms with Crippen LogP contribution in [-0.2, 0) is 9.53 Å². The monoisotopic (exact) mass is 256 g/mol. The van der Waals surface area contributed by atoms with E-state index in [1.165, 1.54) is 0 Å². The lowest BCUT2D eigenvalue weighted by Crippen LogP contribution is -2.37. The van der Waals surface area contributed by atoms with Gasteiger partial charge in [-0.25, -0.2) is 4.79 Å². The van der Waals surface area contributed by atoms with Crippen LogP contribution in [0.3, 0.4) is 0 Å². The number of amides is 2. The van der Waals surface area contributed by atoms with Crippen molar-refractivity contribution in [2.45, 2.75) is 52.1 Å². The minimum absolute atomic E-state index is 0.0378. The molecule has 1 aliphatic carbocycles. The van der Waals surface area contributed by atoms with Gasteiger partial charge in [0.1, 0.15) is 5.60 Å². The van der Waals surface area contributed by atoms with Gasteiger partial charge in [0.15, 0.2) is 0 Å². The number of hydrogen-bond acceptors (Lipinski definition) is 3. The number of ether oxygens (including phenoxy) is 1. The average Bonchev–Trinajstić information content (AvgIpc) is 2.24. The van der Waals surface area contributed by atoms with E-state index < -0.39 is 11.7 Å². The maximum Gasteiger partial charge on any atom is 0.407 e. The number of primary amides is 1. The molecule has 104 valence electrons. The van der Waals surface area contributed by atoms with E-state index in [0.717, 1.165) is 25.7 Å². The minimum Gasteiger partial charge on any atom is -0.444 e. The third kappa shape index (κ3) is 5.38. The third-order valence-electron chi connectivity index (χ3n) is 3.12. The van der Waals surface area contributed by atoms with Gasteiger partial charge in [-0.1, -0.05) is 6.42 Å². The second kappa shape index (κ2) is 6.07. The summed E-state index contributed by atoms with van der Waals surface area (Å²) in [6, 6.07) is 0. The highest BCUT2D eigenvalue weighted by Crippen LogP contribution is 2.28. The van der Waals surface area contributed by atoms with Crippen molar-refractivity contribution < 1.29 is 14.3 Å². The van der Waals surface area contributed by atoms with Gasteiger partial charge in [-0.15, -0.1) is 0 Å². The van der Waals surface area contributed by atoms with E-state index in [0.29, 0.717) is 12.5 Å². The van der Waals surface area contributed by atoms with Crippen molar-refractivity contribution >= 4 is 12.0 Å². The quantitative estimate of drug-likeness (QED) is 0.808. The summed E-state index contributed by atoms with van der Waals surface area (Å²) in [7, 11) is 0. The summed E-state index contributed by atoms with van der Waals surface area (Å²) >= 11 is 0. The van der Waals surface area contributed by atoms with Crippen molar-refractivity contribution in [3.8, 4) is 0 Å². The van der Waals surface area contributed by atoms with Crippen LogP contribution >= 0.6 is 0 Å². The van der Waals surface area contributed by atoms with Crippen LogP contribution in [0.1, 0.15) is 46.5 Å². The topological polar surface area (TPSA) is 81.4 Å². The minimum atomic E-state index is -0.480. The molecule has 2 atom stereocenters. The Morgan fingerprint density at radius 3 is 2.56 bits per heavy atom. The lowest BCUT2D eigenvalue weighted by molar-refractivity contribution is -0.123. The molecular weight excluding hydrogens is 232 g/mol. The number of nitrogens with one attached hydrogen (secondary N) is 1. The Balaban J connectivity index is 2.31. The Morgan fingerprint density at radius 2 is 2.00 bits per heavy atom. The fourth-order valence-electron chi connectivity index (χ4n) is 2.28. The molecule has 0 bridgehead atoms. The third-order valence-corrected chi connectivity index (χ3v) is 3.12. The molecule has 0 heterocycles. The van der Waals surface area contributed by atoms with Gasteiger partial charge in [-0.3, -0.25) is 4.79 Å². The fraction of sp³-hybridized carbons (Fsp3) is 0.846. The van der Waals surface area contributed by atoms with Crippen molar-refractivity contribution in [1.29, 1.82) is 0 Å². The molecule has 0 aromatic heterocycles. The highest BCUT2D eigenvalue weighted by Gasteiger charge is 2.26. The van der Waals surface area contributed by atoms with Crippen LogP contribution in [0.2, 0.25) is 0 Å². The fourth-order valence-corrected chi connectivity index (χ4v) is 2.28. The second-order valence-corrected chi connectivity index (χ2v) is 6.01. The number of carbonyl (C=O) groups is 2. The predicted octanol–water partition coefficient (Wildman–Crippen LogP) is 1.80. The Hall–Kier alpha value is -1.26. The molecule has 0 aromatic rings. The molecule has 1 rings (SSSR count). The first-order valence-electron chi connectivity index (χ1n) is 6.54. The Labute approximate surface area is 108 Å². The molecule has 0 radical (unpaired) electrons. The van der Waals surface area contributed by atoms with Gasteiger partial charge >= 0.3 is 6.09 Å². The summed E-state index contributed by atoms with van der Waals surface area (Å²) in [4.78, 5) is 22.6. The molecule has 3 N–H and O–H groups in total. The summed E-state index contributed by atoms with van der Waals surface area (Å²) in [5.41, 5.74) is 4.84. The number of alkyl carbamates (subject to hydrolysis) is 1. The maximum atomic E-state index is 11.5. The van der Waals surface area contributed by atoms with Crippen LogP contribution in [-0.4, -0.2) is 24.1 Å². The Kier molecular flexibility index (Phi) is 4.99. The molecule has 0 spiro atoms. The van der Waals surface area contributed by atoms with Crippen molar-refractivity contribution in [1.82, 2.24) is 5.32 Å². The normalized spacial score (nSPS) is 24.4. The molecule has 1 aliphatic rings. The second-order valence-electron chi connectivity index (χ2n) is 6.01. The number of hydrogen-bond donors (Lipinski definition) is 2. The molecule has 0 aromatic carbocycles. The molecule has 18 heavy (non-hydrogen) atoms. The molecule has 5 nitrogen and oxygen atoms in total. The lowest BCUT2D eigenvalue weighted by Gasteiger charge is -2.27. The largest absolute Gasteiger partial charge is 0.444 e. The highest BCUT2D eigenvalue weighted by atomic mass is 16.6. The van der Waals surface area contributed by atoms with E-state index in [9.17, 15) is 9.59 Å². The molecule has 5 heteroatoms. The van der Waals surface area contributed by atoms with Crippen molar-refractivity contribution in [3.05, 3.63) is 0 Å². The van der Waals surface area contributed by atoms with E-state index in [2.05, 4.69) is 5.32 Å². The van der Waals surface area contributed by atoms with Crippen molar-refractivity contribution in [3.63, 3.8) is 0 Å². The van der Waals surface area contributed by atoms with Crippen molar-refractivity contribution in [2.75, 3.05) is 6.54 Å². The average molecular weight is 256 g/mol. The first-order valence-corrected chi connectivity index (χ1v) is 6.54. The molecule has 0 aliphatic heterocycles. The van der Waals surface area contributed by atoms with E-state index in [-0.39, 0.29) is 11.8 Å². The van der Waals surface area contributed by atoms with E-state index in [1.807, 2.05) is 20.8 Å². The summed E-state index contributed by atoms with van der Waals surface area (Å²) in [6.07, 6.45) is 3.26. The Bertz CT molecular complexity index is 310. The molecule has 2 amide bonds. The van der Waals surface area contributed by atoms with E-state index in [4.69, 9.17) is 10.5 Å². The summed E-state index contributed by atoms with van der Waals surface area (Å²) in [5, 5.41) is 2.76. The smallest absolute Gasteiger partial charge is 0.407 e. The van der Waals surface area contributed by atoms with Gasteiger partial charge in [-0.2, -0.15) is 0 Å². The van der Waals surface area contributed by atoms with Crippen molar-refractivity contribution in [2.24, 2.45) is 17.6 Å². The van der Waals surface area contributed by atoms with Gasteiger partial charge in [0.25, 0.3) is 0 Å². The molecule has 1 saturated carbocycles. The standard InChI is InChI=1S/C13H24N2O3/c1-13(2,3)18-12(17)15-8-9-5-4-6-10(7-9)11(14)16/h9-10H,4-8H2,1-3H3,(H2,14,16)(H,15,17)/t9-,10+/m1/s1. The van der Waals surface area contributed by atoms with Crippen LogP contribution in [0.25, 0.3) is 0 Å². The van der Waals surface area contributed by atoms with E-state index >= 15 is 0 Å². The van der Waals surface area contributed by atoms with Crippen LogP contribution in [0.4, 0.5) is 4.79 Å². The summed E-state index contributed by atoms with van der Waals surface area (Å²) < 4.78 is 5.16. The van der Waals surface area contributed by atoms with Crippen LogP contribution < -0.4 is 11.1 Å². The van der Waals surface area contributed by atoms with Gasteiger partial charge < -0.3 is 15.8 Å². The molecule has 0 saturated heterocycles. The molecule has 1 fully saturated rings. The number of rotatable bonds is 3.